The van der Waals surface area contributed by atoms with Crippen LogP contribution in [-0.4, -0.2) is 20.0 Å². The van der Waals surface area contributed by atoms with Gasteiger partial charge < -0.3 is 9.73 Å². The molecule has 2 aromatic heterocycles. The Morgan fingerprint density at radius 2 is 1.73 bits per heavy atom. The lowest BCUT2D eigenvalue weighted by Gasteiger charge is -2.05. The Labute approximate surface area is 149 Å². The van der Waals surface area contributed by atoms with Gasteiger partial charge in [0.15, 0.2) is 5.76 Å². The molecule has 0 aliphatic carbocycles. The molecular formula is C19H14N6O. The van der Waals surface area contributed by atoms with Crippen LogP contribution in [-0.2, 0) is 6.54 Å². The van der Waals surface area contributed by atoms with Crippen LogP contribution in [0.3, 0.4) is 0 Å². The molecule has 0 radical (unpaired) electrons. The summed E-state index contributed by atoms with van der Waals surface area (Å²) < 4.78 is 5.77. The van der Waals surface area contributed by atoms with Crippen LogP contribution in [0.15, 0.2) is 71.5 Å². The molecule has 126 valence electrons. The second kappa shape index (κ2) is 6.91. The van der Waals surface area contributed by atoms with Gasteiger partial charge in [-0.3, -0.25) is 0 Å². The highest BCUT2D eigenvalue weighted by molar-refractivity contribution is 5.57. The van der Waals surface area contributed by atoms with Gasteiger partial charge in [0, 0.05) is 11.3 Å². The predicted molar refractivity (Wildman–Crippen MR) is 95.3 cm³/mol. The summed E-state index contributed by atoms with van der Waals surface area (Å²) >= 11 is 0. The maximum atomic E-state index is 8.85. The van der Waals surface area contributed by atoms with Crippen molar-refractivity contribution in [3.05, 3.63) is 78.6 Å². The van der Waals surface area contributed by atoms with E-state index in [1.165, 1.54) is 0 Å². The van der Waals surface area contributed by atoms with E-state index in [1.54, 1.807) is 35.5 Å². The molecule has 4 aromatic rings. The number of oxazole rings is 1. The number of anilines is 1. The van der Waals surface area contributed by atoms with Gasteiger partial charge in [0.05, 0.1) is 42.5 Å². The molecule has 7 nitrogen and oxygen atoms in total. The molecule has 1 N–H and O–H groups in total. The summed E-state index contributed by atoms with van der Waals surface area (Å²) in [5.41, 5.74) is 3.33. The Bertz CT molecular complexity index is 1030. The Hall–Kier alpha value is -3.92. The van der Waals surface area contributed by atoms with Crippen molar-refractivity contribution in [3.63, 3.8) is 0 Å². The number of nitriles is 1. The van der Waals surface area contributed by atoms with Crippen molar-refractivity contribution in [2.24, 2.45) is 0 Å². The Balaban J connectivity index is 1.40. The third kappa shape index (κ3) is 3.30. The van der Waals surface area contributed by atoms with E-state index in [0.29, 0.717) is 23.8 Å². The number of hydrogen-bond donors (Lipinski definition) is 1. The SMILES string of the molecule is N#Cc1ccc(-c2cnc(CNc3ccc(-n4nccn4)cc3)o2)cc1. The molecule has 4 rings (SSSR count). The maximum absolute atomic E-state index is 8.85. The standard InChI is InChI=1S/C19H14N6O/c20-11-14-1-3-15(4-2-14)18-12-22-19(26-18)13-21-16-5-7-17(8-6-16)25-23-9-10-24-25/h1-10,12,21H,13H2. The summed E-state index contributed by atoms with van der Waals surface area (Å²) in [6.07, 6.45) is 4.96. The van der Waals surface area contributed by atoms with Crippen molar-refractivity contribution in [1.82, 2.24) is 20.0 Å². The van der Waals surface area contributed by atoms with E-state index in [-0.39, 0.29) is 0 Å². The fourth-order valence-electron chi connectivity index (χ4n) is 2.47. The van der Waals surface area contributed by atoms with Crippen molar-refractivity contribution >= 4 is 5.69 Å². The van der Waals surface area contributed by atoms with Crippen LogP contribution < -0.4 is 5.32 Å². The lowest BCUT2D eigenvalue weighted by Crippen LogP contribution is -2.01. The predicted octanol–water partition coefficient (Wildman–Crippen LogP) is 3.41. The zero-order chi connectivity index (χ0) is 17.8. The summed E-state index contributed by atoms with van der Waals surface area (Å²) in [5, 5.41) is 20.3. The summed E-state index contributed by atoms with van der Waals surface area (Å²) in [4.78, 5) is 5.85. The lowest BCUT2D eigenvalue weighted by atomic mass is 10.1. The highest BCUT2D eigenvalue weighted by Crippen LogP contribution is 2.21. The largest absolute Gasteiger partial charge is 0.439 e. The Morgan fingerprint density at radius 1 is 1.00 bits per heavy atom. The number of aromatic nitrogens is 4. The van der Waals surface area contributed by atoms with Crippen molar-refractivity contribution < 1.29 is 4.42 Å². The number of hydrogen-bond acceptors (Lipinski definition) is 6. The van der Waals surface area contributed by atoms with Crippen LogP contribution >= 0.6 is 0 Å². The molecule has 7 heteroatoms. The van der Waals surface area contributed by atoms with Gasteiger partial charge in [-0.25, -0.2) is 4.98 Å². The zero-order valence-electron chi connectivity index (χ0n) is 13.7. The number of nitrogens with zero attached hydrogens (tertiary/aromatic N) is 5. The van der Waals surface area contributed by atoms with Crippen molar-refractivity contribution in [3.8, 4) is 23.1 Å². The first-order valence-corrected chi connectivity index (χ1v) is 7.98. The minimum Gasteiger partial charge on any atom is -0.439 e. The highest BCUT2D eigenvalue weighted by Gasteiger charge is 2.07. The molecule has 0 fully saturated rings. The van der Waals surface area contributed by atoms with Gasteiger partial charge in [-0.15, -0.1) is 0 Å². The van der Waals surface area contributed by atoms with E-state index in [1.807, 2.05) is 36.4 Å². The maximum Gasteiger partial charge on any atom is 0.214 e. The summed E-state index contributed by atoms with van der Waals surface area (Å²) in [7, 11) is 0. The molecule has 0 amide bonds. The zero-order valence-corrected chi connectivity index (χ0v) is 13.7. The normalized spacial score (nSPS) is 10.4. The molecule has 0 spiro atoms. The molecule has 2 heterocycles. The fraction of sp³-hybridized carbons (Fsp3) is 0.0526. The molecule has 0 saturated carbocycles. The smallest absolute Gasteiger partial charge is 0.214 e. The second-order valence-corrected chi connectivity index (χ2v) is 5.53. The van der Waals surface area contributed by atoms with Gasteiger partial charge in [-0.1, -0.05) is 0 Å². The van der Waals surface area contributed by atoms with Crippen LogP contribution in [0.4, 0.5) is 5.69 Å². The summed E-state index contributed by atoms with van der Waals surface area (Å²) in [6.45, 7) is 0.468. The monoisotopic (exact) mass is 342 g/mol. The molecule has 0 saturated heterocycles. The van der Waals surface area contributed by atoms with Gasteiger partial charge in [0.2, 0.25) is 5.89 Å². The molecule has 0 unspecified atom stereocenters. The van der Waals surface area contributed by atoms with Crippen LogP contribution in [0.2, 0.25) is 0 Å². The van der Waals surface area contributed by atoms with Crippen LogP contribution in [0.25, 0.3) is 17.0 Å². The van der Waals surface area contributed by atoms with E-state index < -0.39 is 0 Å². The van der Waals surface area contributed by atoms with Crippen molar-refractivity contribution in [1.29, 1.82) is 5.26 Å². The average Bonchev–Trinajstić information content (AvgIpc) is 3.39. The lowest BCUT2D eigenvalue weighted by molar-refractivity contribution is 0.516. The highest BCUT2D eigenvalue weighted by atomic mass is 16.4. The van der Waals surface area contributed by atoms with Gasteiger partial charge in [-0.2, -0.15) is 20.3 Å². The third-order valence-electron chi connectivity index (χ3n) is 3.81. The van der Waals surface area contributed by atoms with E-state index in [9.17, 15) is 0 Å². The van der Waals surface area contributed by atoms with Crippen LogP contribution in [0, 0.1) is 11.3 Å². The number of nitrogens with one attached hydrogen (secondary N) is 1. The molecule has 0 atom stereocenters. The fourth-order valence-corrected chi connectivity index (χ4v) is 2.47. The minimum atomic E-state index is 0.468. The van der Waals surface area contributed by atoms with Crippen molar-refractivity contribution in [2.45, 2.75) is 6.54 Å². The number of benzene rings is 2. The molecule has 0 bridgehead atoms. The Kier molecular flexibility index (Phi) is 4.14. The molecule has 26 heavy (non-hydrogen) atoms. The van der Waals surface area contributed by atoms with Crippen molar-refractivity contribution in [2.75, 3.05) is 5.32 Å². The van der Waals surface area contributed by atoms with E-state index >= 15 is 0 Å². The molecule has 0 aliphatic rings. The van der Waals surface area contributed by atoms with E-state index in [0.717, 1.165) is 16.9 Å². The molecule has 0 aliphatic heterocycles. The molecular weight excluding hydrogens is 328 g/mol. The summed E-state index contributed by atoms with van der Waals surface area (Å²) in [6, 6.07) is 17.1. The van der Waals surface area contributed by atoms with Crippen LogP contribution in [0.5, 0.6) is 0 Å². The van der Waals surface area contributed by atoms with Gasteiger partial charge in [-0.05, 0) is 48.5 Å². The Morgan fingerprint density at radius 3 is 2.42 bits per heavy atom. The van der Waals surface area contributed by atoms with Gasteiger partial charge in [0.1, 0.15) is 0 Å². The topological polar surface area (TPSA) is 92.6 Å². The third-order valence-corrected chi connectivity index (χ3v) is 3.81. The quantitative estimate of drug-likeness (QED) is 0.597. The first kappa shape index (κ1) is 15.6. The minimum absolute atomic E-state index is 0.468. The molecule has 2 aromatic carbocycles. The van der Waals surface area contributed by atoms with Gasteiger partial charge >= 0.3 is 0 Å². The van der Waals surface area contributed by atoms with E-state index in [4.69, 9.17) is 9.68 Å². The average molecular weight is 342 g/mol. The first-order valence-electron chi connectivity index (χ1n) is 7.98. The van der Waals surface area contributed by atoms with E-state index in [2.05, 4.69) is 26.6 Å². The summed E-state index contributed by atoms with van der Waals surface area (Å²) in [5.74, 6) is 1.26. The second-order valence-electron chi connectivity index (χ2n) is 5.53. The van der Waals surface area contributed by atoms with Crippen LogP contribution in [0.1, 0.15) is 11.5 Å². The first-order chi connectivity index (χ1) is 12.8. The number of rotatable bonds is 5. The van der Waals surface area contributed by atoms with Gasteiger partial charge in [0.25, 0.3) is 0 Å².